The lowest BCUT2D eigenvalue weighted by Gasteiger charge is -2.12. The predicted octanol–water partition coefficient (Wildman–Crippen LogP) is 0.583. The Morgan fingerprint density at radius 2 is 1.95 bits per heavy atom. The average Bonchev–Trinajstić information content (AvgIpc) is 2.41. The summed E-state index contributed by atoms with van der Waals surface area (Å²) in [4.78, 5) is 24.4. The van der Waals surface area contributed by atoms with Crippen LogP contribution in [0.4, 0.5) is 5.69 Å². The first-order chi connectivity index (χ1) is 9.81. The monoisotopic (exact) mass is 307 g/mol. The first-order valence-electron chi connectivity index (χ1n) is 5.92. The Morgan fingerprint density at radius 3 is 2.52 bits per heavy atom. The normalized spacial score (nSPS) is 11.1. The molecule has 0 aliphatic heterocycles. The molecule has 110 valence electrons. The van der Waals surface area contributed by atoms with Gasteiger partial charge < -0.3 is 10.7 Å². The van der Waals surface area contributed by atoms with E-state index in [1.807, 2.05) is 0 Å². The van der Waals surface area contributed by atoms with Crippen molar-refractivity contribution in [3.8, 4) is 0 Å². The van der Waals surface area contributed by atoms with E-state index in [4.69, 9.17) is 5.73 Å². The minimum absolute atomic E-state index is 0.0917. The number of anilines is 1. The fraction of sp³-hybridized carbons (Fsp3) is 0.0769. The van der Waals surface area contributed by atoms with Crippen LogP contribution in [0.3, 0.4) is 0 Å². The third-order valence-electron chi connectivity index (χ3n) is 2.91. The van der Waals surface area contributed by atoms with Crippen molar-refractivity contribution in [2.24, 2.45) is 5.73 Å². The van der Waals surface area contributed by atoms with Gasteiger partial charge in [0, 0.05) is 17.8 Å². The molecule has 1 heterocycles. The van der Waals surface area contributed by atoms with Crippen LogP contribution >= 0.6 is 0 Å². The van der Waals surface area contributed by atoms with Crippen LogP contribution in [-0.4, -0.2) is 19.3 Å². The third kappa shape index (κ3) is 3.11. The number of rotatable bonds is 4. The molecule has 1 aromatic carbocycles. The molecule has 0 bridgehead atoms. The first-order valence-corrected chi connectivity index (χ1v) is 7.40. The molecule has 0 unspecified atom stereocenters. The van der Waals surface area contributed by atoms with E-state index < -0.39 is 21.5 Å². The van der Waals surface area contributed by atoms with Crippen molar-refractivity contribution < 1.29 is 13.2 Å². The number of hydrogen-bond acceptors (Lipinski definition) is 4. The quantitative estimate of drug-likeness (QED) is 0.764. The van der Waals surface area contributed by atoms with E-state index >= 15 is 0 Å². The molecule has 7 nitrogen and oxygen atoms in total. The van der Waals surface area contributed by atoms with Crippen molar-refractivity contribution in [2.45, 2.75) is 11.8 Å². The maximum Gasteiger partial charge on any atom is 0.263 e. The second-order valence-electron chi connectivity index (χ2n) is 4.34. The number of carbonyl (C=O) groups is 1. The molecule has 1 amide bonds. The van der Waals surface area contributed by atoms with Crippen LogP contribution in [0, 0.1) is 6.92 Å². The van der Waals surface area contributed by atoms with E-state index in [0.29, 0.717) is 5.56 Å². The van der Waals surface area contributed by atoms with Gasteiger partial charge in [-0.3, -0.25) is 14.3 Å². The topological polar surface area (TPSA) is 122 Å². The fourth-order valence-corrected chi connectivity index (χ4v) is 2.87. The second kappa shape index (κ2) is 5.41. The van der Waals surface area contributed by atoms with Gasteiger partial charge in [-0.15, -0.1) is 0 Å². The summed E-state index contributed by atoms with van der Waals surface area (Å²) in [6.07, 6.45) is 1.10. The smallest absolute Gasteiger partial charge is 0.263 e. The molecular weight excluding hydrogens is 294 g/mol. The summed E-state index contributed by atoms with van der Waals surface area (Å²) in [6, 6.07) is 6.86. The Hall–Kier alpha value is -2.61. The van der Waals surface area contributed by atoms with Crippen molar-refractivity contribution in [3.63, 3.8) is 0 Å². The summed E-state index contributed by atoms with van der Waals surface area (Å²) in [6.45, 7) is 1.59. The molecule has 0 aliphatic carbocycles. The van der Waals surface area contributed by atoms with Crippen molar-refractivity contribution in [1.29, 1.82) is 0 Å². The molecule has 4 N–H and O–H groups in total. The summed E-state index contributed by atoms with van der Waals surface area (Å²) in [5.41, 5.74) is 5.73. The summed E-state index contributed by atoms with van der Waals surface area (Å²) in [7, 11) is -3.87. The van der Waals surface area contributed by atoms with Crippen LogP contribution < -0.4 is 16.0 Å². The van der Waals surface area contributed by atoms with E-state index in [1.54, 1.807) is 6.92 Å². The average molecular weight is 307 g/mol. The minimum atomic E-state index is -3.87. The fourth-order valence-electron chi connectivity index (χ4n) is 1.78. The number of amides is 1. The summed E-state index contributed by atoms with van der Waals surface area (Å²) < 4.78 is 26.8. The number of H-pyrrole nitrogens is 1. The maximum atomic E-state index is 12.2. The number of sulfonamides is 1. The number of nitrogens with two attached hydrogens (primary N) is 1. The molecule has 8 heteroatoms. The van der Waals surface area contributed by atoms with Crippen molar-refractivity contribution in [2.75, 3.05) is 4.72 Å². The van der Waals surface area contributed by atoms with E-state index in [2.05, 4.69) is 9.71 Å². The van der Waals surface area contributed by atoms with Gasteiger partial charge in [0.1, 0.15) is 4.90 Å². The highest BCUT2D eigenvalue weighted by Gasteiger charge is 2.17. The Kier molecular flexibility index (Phi) is 3.81. The zero-order valence-electron chi connectivity index (χ0n) is 11.1. The lowest BCUT2D eigenvalue weighted by atomic mass is 10.1. The molecule has 0 saturated carbocycles. The number of aromatic amines is 1. The SMILES string of the molecule is Cc1c(NS(=O)(=O)c2ccc(=O)[nH]c2)cccc1C(N)=O. The Bertz CT molecular complexity index is 835. The molecule has 1 aromatic heterocycles. The summed E-state index contributed by atoms with van der Waals surface area (Å²) in [5.74, 6) is -0.641. The number of pyridine rings is 1. The molecule has 2 rings (SSSR count). The maximum absolute atomic E-state index is 12.2. The van der Waals surface area contributed by atoms with Gasteiger partial charge in [-0.05, 0) is 30.7 Å². The molecule has 0 aliphatic rings. The zero-order chi connectivity index (χ0) is 15.6. The van der Waals surface area contributed by atoms with Crippen LogP contribution in [0.1, 0.15) is 15.9 Å². The Balaban J connectivity index is 2.42. The molecule has 2 aromatic rings. The van der Waals surface area contributed by atoms with Crippen molar-refractivity contribution >= 4 is 21.6 Å². The van der Waals surface area contributed by atoms with Crippen LogP contribution in [0.25, 0.3) is 0 Å². The van der Waals surface area contributed by atoms with E-state index in [-0.39, 0.29) is 16.1 Å². The van der Waals surface area contributed by atoms with Gasteiger partial charge >= 0.3 is 0 Å². The van der Waals surface area contributed by atoms with Gasteiger partial charge in [-0.25, -0.2) is 8.42 Å². The lowest BCUT2D eigenvalue weighted by Crippen LogP contribution is -2.18. The van der Waals surface area contributed by atoms with Gasteiger partial charge in [0.15, 0.2) is 0 Å². The lowest BCUT2D eigenvalue weighted by molar-refractivity contribution is 0.0999. The standard InChI is InChI=1S/C13H13N3O4S/c1-8-10(13(14)18)3-2-4-11(8)16-21(19,20)9-5-6-12(17)15-7-9/h2-7,16H,1H3,(H2,14,18)(H,15,17). The van der Waals surface area contributed by atoms with Crippen LogP contribution in [0.2, 0.25) is 0 Å². The number of primary amides is 1. The van der Waals surface area contributed by atoms with Crippen molar-refractivity contribution in [3.05, 3.63) is 58.0 Å². The predicted molar refractivity (Wildman–Crippen MR) is 77.6 cm³/mol. The third-order valence-corrected chi connectivity index (χ3v) is 4.27. The van der Waals surface area contributed by atoms with Gasteiger partial charge in [0.05, 0.1) is 5.69 Å². The molecule has 0 spiro atoms. The number of benzene rings is 1. The number of nitrogens with one attached hydrogen (secondary N) is 2. The summed E-state index contributed by atoms with van der Waals surface area (Å²) >= 11 is 0. The van der Waals surface area contributed by atoms with Crippen LogP contribution in [0.5, 0.6) is 0 Å². The van der Waals surface area contributed by atoms with Gasteiger partial charge in [-0.2, -0.15) is 0 Å². The number of hydrogen-bond donors (Lipinski definition) is 3. The van der Waals surface area contributed by atoms with E-state index in [0.717, 1.165) is 12.3 Å². The minimum Gasteiger partial charge on any atom is -0.366 e. The van der Waals surface area contributed by atoms with Crippen molar-refractivity contribution in [1.82, 2.24) is 4.98 Å². The highest BCUT2D eigenvalue weighted by Crippen LogP contribution is 2.21. The van der Waals surface area contributed by atoms with Crippen LogP contribution in [0.15, 0.2) is 46.2 Å². The van der Waals surface area contributed by atoms with E-state index in [9.17, 15) is 18.0 Å². The summed E-state index contributed by atoms with van der Waals surface area (Å²) in [5, 5.41) is 0. The molecule has 0 radical (unpaired) electrons. The van der Waals surface area contributed by atoms with Gasteiger partial charge in [0.25, 0.3) is 10.0 Å². The molecular formula is C13H13N3O4S. The largest absolute Gasteiger partial charge is 0.366 e. The Labute approximate surface area is 120 Å². The van der Waals surface area contributed by atoms with Crippen LogP contribution in [-0.2, 0) is 10.0 Å². The molecule has 0 atom stereocenters. The van der Waals surface area contributed by atoms with Gasteiger partial charge in [-0.1, -0.05) is 6.07 Å². The molecule has 21 heavy (non-hydrogen) atoms. The highest BCUT2D eigenvalue weighted by atomic mass is 32.2. The zero-order valence-corrected chi connectivity index (χ0v) is 11.9. The molecule has 0 fully saturated rings. The first kappa shape index (κ1) is 14.8. The second-order valence-corrected chi connectivity index (χ2v) is 6.02. The Morgan fingerprint density at radius 1 is 1.24 bits per heavy atom. The number of aromatic nitrogens is 1. The van der Waals surface area contributed by atoms with Gasteiger partial charge in [0.2, 0.25) is 11.5 Å². The highest BCUT2D eigenvalue weighted by molar-refractivity contribution is 7.92. The molecule has 0 saturated heterocycles. The van der Waals surface area contributed by atoms with E-state index in [1.165, 1.54) is 24.3 Å². The number of carbonyl (C=O) groups excluding carboxylic acids is 1.